The molecule has 9 nitrogen and oxygen atoms in total. The predicted molar refractivity (Wildman–Crippen MR) is 153 cm³/mol. The summed E-state index contributed by atoms with van der Waals surface area (Å²) in [5.41, 5.74) is 1.58. The topological polar surface area (TPSA) is 111 Å². The largest absolute Gasteiger partial charge is 0.490 e. The maximum Gasteiger partial charge on any atom is 0.337 e. The van der Waals surface area contributed by atoms with Crippen LogP contribution in [0.5, 0.6) is 11.5 Å². The SMILES string of the molecule is CCOc1cc(/C=C2\C(=O)NC(=O)N(c3ccc(C(=O)OC)cc3)C2=O)cc(I)c1OCc1ccc(Cl)cc1. The first kappa shape index (κ1) is 28.1. The van der Waals surface area contributed by atoms with E-state index in [0.717, 1.165) is 10.5 Å². The summed E-state index contributed by atoms with van der Waals surface area (Å²) in [6.45, 7) is 2.46. The summed E-state index contributed by atoms with van der Waals surface area (Å²) in [5.74, 6) is -1.27. The minimum atomic E-state index is -0.900. The van der Waals surface area contributed by atoms with Crippen LogP contribution in [0.1, 0.15) is 28.4 Å². The zero-order chi connectivity index (χ0) is 28.1. The molecule has 0 atom stereocenters. The molecule has 0 aliphatic carbocycles. The maximum atomic E-state index is 13.3. The van der Waals surface area contributed by atoms with Crippen molar-refractivity contribution in [1.29, 1.82) is 0 Å². The van der Waals surface area contributed by atoms with Gasteiger partial charge in [-0.3, -0.25) is 14.9 Å². The Morgan fingerprint density at radius 1 is 1.03 bits per heavy atom. The Kier molecular flexibility index (Phi) is 8.87. The number of benzene rings is 3. The number of carbonyl (C=O) groups excluding carboxylic acids is 4. The molecule has 1 aliphatic rings. The molecular formula is C28H22ClIN2O7. The standard InChI is InChI=1S/C28H22ClIN2O7/c1-3-38-23-14-17(13-22(30)24(23)39-15-16-4-8-19(29)9-5-16)12-21-25(33)31-28(36)32(26(21)34)20-10-6-18(7-11-20)27(35)37-2/h4-14H,3,15H2,1-2H3,(H,31,33,36)/b21-12+. The number of nitrogens with zero attached hydrogens (tertiary/aromatic N) is 1. The number of halogens is 2. The van der Waals surface area contributed by atoms with Crippen molar-refractivity contribution in [3.63, 3.8) is 0 Å². The summed E-state index contributed by atoms with van der Waals surface area (Å²) >= 11 is 8.04. The molecule has 3 aromatic rings. The number of methoxy groups -OCH3 is 1. The van der Waals surface area contributed by atoms with Gasteiger partial charge in [0, 0.05) is 5.02 Å². The summed E-state index contributed by atoms with van der Waals surface area (Å²) in [6.07, 6.45) is 1.38. The van der Waals surface area contributed by atoms with E-state index in [2.05, 4.69) is 32.6 Å². The quantitative estimate of drug-likeness (QED) is 0.150. The number of rotatable bonds is 8. The first-order valence-corrected chi connectivity index (χ1v) is 13.1. The van der Waals surface area contributed by atoms with E-state index in [-0.39, 0.29) is 23.4 Å². The number of hydrogen-bond donors (Lipinski definition) is 1. The Balaban J connectivity index is 1.63. The van der Waals surface area contributed by atoms with Crippen molar-refractivity contribution < 1.29 is 33.4 Å². The second-order valence-electron chi connectivity index (χ2n) is 8.17. The van der Waals surface area contributed by atoms with Crippen LogP contribution >= 0.6 is 34.2 Å². The van der Waals surface area contributed by atoms with Crippen molar-refractivity contribution in [2.75, 3.05) is 18.6 Å². The fourth-order valence-electron chi connectivity index (χ4n) is 3.73. The minimum absolute atomic E-state index is 0.180. The van der Waals surface area contributed by atoms with Crippen LogP contribution in [0.4, 0.5) is 10.5 Å². The Bertz CT molecular complexity index is 1470. The monoisotopic (exact) mass is 660 g/mol. The lowest BCUT2D eigenvalue weighted by atomic mass is 10.1. The van der Waals surface area contributed by atoms with Crippen molar-refractivity contribution in [3.8, 4) is 11.5 Å². The molecule has 0 aromatic heterocycles. The van der Waals surface area contributed by atoms with Crippen molar-refractivity contribution in [2.24, 2.45) is 0 Å². The van der Waals surface area contributed by atoms with Gasteiger partial charge in [-0.1, -0.05) is 23.7 Å². The lowest BCUT2D eigenvalue weighted by Gasteiger charge is -2.26. The van der Waals surface area contributed by atoms with E-state index in [1.165, 1.54) is 37.5 Å². The summed E-state index contributed by atoms with van der Waals surface area (Å²) < 4.78 is 17.2. The number of esters is 1. The molecule has 4 rings (SSSR count). The van der Waals surface area contributed by atoms with Gasteiger partial charge in [0.15, 0.2) is 11.5 Å². The third kappa shape index (κ3) is 6.40. The molecule has 3 aromatic carbocycles. The van der Waals surface area contributed by atoms with E-state index in [0.29, 0.717) is 32.3 Å². The van der Waals surface area contributed by atoms with Gasteiger partial charge >= 0.3 is 12.0 Å². The zero-order valence-corrected chi connectivity index (χ0v) is 23.7. The number of amides is 4. The molecule has 0 unspecified atom stereocenters. The molecule has 39 heavy (non-hydrogen) atoms. The van der Waals surface area contributed by atoms with Gasteiger partial charge in [0.2, 0.25) is 0 Å². The molecule has 0 radical (unpaired) electrons. The van der Waals surface area contributed by atoms with Crippen molar-refractivity contribution >= 4 is 69.8 Å². The van der Waals surface area contributed by atoms with E-state index < -0.39 is 23.8 Å². The number of urea groups is 1. The molecule has 200 valence electrons. The third-order valence-electron chi connectivity index (χ3n) is 5.59. The second-order valence-corrected chi connectivity index (χ2v) is 9.77. The van der Waals surface area contributed by atoms with Gasteiger partial charge < -0.3 is 14.2 Å². The molecule has 1 heterocycles. The zero-order valence-electron chi connectivity index (χ0n) is 20.8. The average Bonchev–Trinajstić information content (AvgIpc) is 2.91. The van der Waals surface area contributed by atoms with Crippen LogP contribution in [0, 0.1) is 3.57 Å². The van der Waals surface area contributed by atoms with Crippen LogP contribution in [-0.2, 0) is 20.9 Å². The number of imide groups is 2. The number of hydrogen-bond acceptors (Lipinski definition) is 7. The maximum absolute atomic E-state index is 13.3. The molecule has 1 aliphatic heterocycles. The van der Waals surface area contributed by atoms with Crippen LogP contribution in [0.2, 0.25) is 5.02 Å². The van der Waals surface area contributed by atoms with Gasteiger partial charge in [-0.2, -0.15) is 0 Å². The molecule has 1 saturated heterocycles. The normalized spacial score (nSPS) is 14.3. The number of barbiturate groups is 1. The van der Waals surface area contributed by atoms with Crippen LogP contribution in [0.25, 0.3) is 6.08 Å². The molecule has 0 saturated carbocycles. The van der Waals surface area contributed by atoms with Gasteiger partial charge in [0.05, 0.1) is 28.5 Å². The van der Waals surface area contributed by atoms with Crippen molar-refractivity contribution in [3.05, 3.63) is 91.5 Å². The highest BCUT2D eigenvalue weighted by Crippen LogP contribution is 2.36. The van der Waals surface area contributed by atoms with Crippen LogP contribution in [-0.4, -0.2) is 37.5 Å². The van der Waals surface area contributed by atoms with E-state index in [1.807, 2.05) is 19.1 Å². The lowest BCUT2D eigenvalue weighted by molar-refractivity contribution is -0.122. The smallest absolute Gasteiger partial charge is 0.337 e. The molecule has 11 heteroatoms. The first-order chi connectivity index (χ1) is 18.7. The Morgan fingerprint density at radius 3 is 2.36 bits per heavy atom. The molecule has 4 amide bonds. The van der Waals surface area contributed by atoms with E-state index in [1.54, 1.807) is 24.3 Å². The first-order valence-electron chi connectivity index (χ1n) is 11.6. The highest BCUT2D eigenvalue weighted by molar-refractivity contribution is 14.1. The van der Waals surface area contributed by atoms with Gasteiger partial charge in [-0.15, -0.1) is 0 Å². The molecule has 1 N–H and O–H groups in total. The third-order valence-corrected chi connectivity index (χ3v) is 6.64. The van der Waals surface area contributed by atoms with Crippen LogP contribution in [0.15, 0.2) is 66.2 Å². The Morgan fingerprint density at radius 2 is 1.72 bits per heavy atom. The lowest BCUT2D eigenvalue weighted by Crippen LogP contribution is -2.54. The van der Waals surface area contributed by atoms with Crippen LogP contribution < -0.4 is 19.7 Å². The Labute approximate surface area is 242 Å². The van der Waals surface area contributed by atoms with Crippen LogP contribution in [0.3, 0.4) is 0 Å². The second kappa shape index (κ2) is 12.3. The summed E-state index contributed by atoms with van der Waals surface area (Å²) in [6, 6.07) is 15.4. The van der Waals surface area contributed by atoms with Gasteiger partial charge in [-0.25, -0.2) is 14.5 Å². The number of ether oxygens (including phenoxy) is 3. The number of anilines is 1. The summed E-state index contributed by atoms with van der Waals surface area (Å²) in [7, 11) is 1.25. The highest BCUT2D eigenvalue weighted by atomic mass is 127. The van der Waals surface area contributed by atoms with Gasteiger partial charge in [0.1, 0.15) is 12.2 Å². The van der Waals surface area contributed by atoms with Crippen molar-refractivity contribution in [1.82, 2.24) is 5.32 Å². The van der Waals surface area contributed by atoms with Gasteiger partial charge in [0.25, 0.3) is 11.8 Å². The number of nitrogens with one attached hydrogen (secondary N) is 1. The van der Waals surface area contributed by atoms with E-state index in [4.69, 9.17) is 21.1 Å². The van der Waals surface area contributed by atoms with E-state index >= 15 is 0 Å². The fraction of sp³-hybridized carbons (Fsp3) is 0.143. The Hall–Kier alpha value is -3.90. The average molecular weight is 661 g/mol. The predicted octanol–water partition coefficient (Wildman–Crippen LogP) is 5.38. The highest BCUT2D eigenvalue weighted by Gasteiger charge is 2.37. The molecule has 1 fully saturated rings. The molecular weight excluding hydrogens is 639 g/mol. The molecule has 0 bridgehead atoms. The fourth-order valence-corrected chi connectivity index (χ4v) is 4.64. The number of carbonyl (C=O) groups is 4. The minimum Gasteiger partial charge on any atom is -0.490 e. The summed E-state index contributed by atoms with van der Waals surface area (Å²) in [5, 5.41) is 2.81. The summed E-state index contributed by atoms with van der Waals surface area (Å²) in [4.78, 5) is 51.0. The van der Waals surface area contributed by atoms with Crippen molar-refractivity contribution in [2.45, 2.75) is 13.5 Å². The molecule has 0 spiro atoms. The van der Waals surface area contributed by atoms with E-state index in [9.17, 15) is 19.2 Å². The van der Waals surface area contributed by atoms with Gasteiger partial charge in [-0.05, 0) is 95.2 Å².